The molecule has 0 unspecified atom stereocenters. The number of piperazine rings is 1. The summed E-state index contributed by atoms with van der Waals surface area (Å²) in [7, 11) is 0. The Morgan fingerprint density at radius 1 is 0.812 bits per heavy atom. The van der Waals surface area contributed by atoms with Crippen molar-refractivity contribution in [3.63, 3.8) is 0 Å². The average molecular weight is 449 g/mol. The average Bonchev–Trinajstić information content (AvgIpc) is 2.82. The van der Waals surface area contributed by atoms with Gasteiger partial charge in [-0.15, -0.1) is 0 Å². The molecular weight excluding hydrogens is 424 g/mol. The van der Waals surface area contributed by atoms with Gasteiger partial charge in [0.05, 0.1) is 0 Å². The molecule has 2 N–H and O–H groups in total. The van der Waals surface area contributed by atoms with Crippen molar-refractivity contribution in [3.05, 3.63) is 88.9 Å². The van der Waals surface area contributed by atoms with Gasteiger partial charge in [-0.25, -0.2) is 4.79 Å². The van der Waals surface area contributed by atoms with Gasteiger partial charge in [-0.2, -0.15) is 0 Å². The van der Waals surface area contributed by atoms with Gasteiger partial charge < -0.3 is 20.4 Å². The van der Waals surface area contributed by atoms with E-state index < -0.39 is 0 Å². The van der Waals surface area contributed by atoms with Crippen LogP contribution in [0.5, 0.6) is 0 Å². The van der Waals surface area contributed by atoms with Crippen LogP contribution in [-0.4, -0.2) is 43.0 Å². The van der Waals surface area contributed by atoms with E-state index in [0.29, 0.717) is 29.5 Å². The minimum atomic E-state index is -0.328. The largest absolute Gasteiger partial charge is 0.368 e. The van der Waals surface area contributed by atoms with Crippen LogP contribution in [0.4, 0.5) is 21.9 Å². The van der Waals surface area contributed by atoms with Gasteiger partial charge >= 0.3 is 6.03 Å². The second-order valence-electron chi connectivity index (χ2n) is 7.74. The molecular formula is C25H25ClN4O2. The van der Waals surface area contributed by atoms with E-state index >= 15 is 0 Å². The van der Waals surface area contributed by atoms with Crippen molar-refractivity contribution in [2.75, 3.05) is 41.7 Å². The van der Waals surface area contributed by atoms with E-state index in [2.05, 4.69) is 15.5 Å². The number of amides is 3. The molecule has 1 aliphatic rings. The summed E-state index contributed by atoms with van der Waals surface area (Å²) in [4.78, 5) is 29.0. The van der Waals surface area contributed by atoms with E-state index in [1.165, 1.54) is 0 Å². The molecule has 3 aromatic rings. The Labute approximate surface area is 192 Å². The maximum absolute atomic E-state index is 12.6. The number of aryl methyl sites for hydroxylation is 1. The highest BCUT2D eigenvalue weighted by atomic mass is 35.5. The Balaban J connectivity index is 1.29. The molecule has 1 aliphatic heterocycles. The molecule has 3 amide bonds. The normalized spacial score (nSPS) is 13.6. The van der Waals surface area contributed by atoms with E-state index in [4.69, 9.17) is 11.6 Å². The summed E-state index contributed by atoms with van der Waals surface area (Å²) >= 11 is 6.11. The highest BCUT2D eigenvalue weighted by Gasteiger charge is 2.22. The van der Waals surface area contributed by atoms with E-state index in [-0.39, 0.29) is 11.9 Å². The maximum atomic E-state index is 12.6. The molecule has 1 fully saturated rings. The summed E-state index contributed by atoms with van der Waals surface area (Å²) in [5, 5.41) is 6.22. The van der Waals surface area contributed by atoms with Gasteiger partial charge in [0, 0.05) is 53.8 Å². The van der Waals surface area contributed by atoms with E-state index in [1.54, 1.807) is 6.07 Å². The monoisotopic (exact) mass is 448 g/mol. The van der Waals surface area contributed by atoms with Crippen molar-refractivity contribution >= 4 is 40.6 Å². The second kappa shape index (κ2) is 9.75. The molecule has 7 heteroatoms. The number of anilines is 3. The SMILES string of the molecule is Cc1ccc(NC(=O)Nc2ccc(N3CCN(C(=O)c4ccccc4)CC3)cc2)cc1Cl. The number of nitrogens with one attached hydrogen (secondary N) is 2. The van der Waals surface area contributed by atoms with Crippen LogP contribution in [0.1, 0.15) is 15.9 Å². The number of hydrogen-bond donors (Lipinski definition) is 2. The fraction of sp³-hybridized carbons (Fsp3) is 0.200. The van der Waals surface area contributed by atoms with Gasteiger partial charge in [0.25, 0.3) is 5.91 Å². The van der Waals surface area contributed by atoms with Crippen molar-refractivity contribution in [1.29, 1.82) is 0 Å². The first-order chi connectivity index (χ1) is 15.5. The van der Waals surface area contributed by atoms with Crippen LogP contribution < -0.4 is 15.5 Å². The van der Waals surface area contributed by atoms with Crippen LogP contribution >= 0.6 is 11.6 Å². The van der Waals surface area contributed by atoms with Crippen LogP contribution in [0.3, 0.4) is 0 Å². The molecule has 4 rings (SSSR count). The van der Waals surface area contributed by atoms with Gasteiger partial charge in [0.15, 0.2) is 0 Å². The van der Waals surface area contributed by atoms with Crippen LogP contribution in [0.2, 0.25) is 5.02 Å². The first-order valence-corrected chi connectivity index (χ1v) is 10.9. The Bertz CT molecular complexity index is 1090. The van der Waals surface area contributed by atoms with Gasteiger partial charge in [0.2, 0.25) is 0 Å². The number of hydrogen-bond acceptors (Lipinski definition) is 3. The lowest BCUT2D eigenvalue weighted by molar-refractivity contribution is 0.0747. The van der Waals surface area contributed by atoms with Crippen LogP contribution in [0.25, 0.3) is 0 Å². The fourth-order valence-corrected chi connectivity index (χ4v) is 3.83. The number of urea groups is 1. The molecule has 0 atom stereocenters. The van der Waals surface area contributed by atoms with Crippen molar-refractivity contribution in [2.45, 2.75) is 6.92 Å². The number of carbonyl (C=O) groups is 2. The zero-order valence-corrected chi connectivity index (χ0v) is 18.6. The molecule has 0 aliphatic carbocycles. The Hall–Kier alpha value is -3.51. The zero-order valence-electron chi connectivity index (χ0n) is 17.8. The lowest BCUT2D eigenvalue weighted by Crippen LogP contribution is -2.48. The Morgan fingerprint density at radius 2 is 1.44 bits per heavy atom. The lowest BCUT2D eigenvalue weighted by Gasteiger charge is -2.36. The van der Waals surface area contributed by atoms with Crippen molar-refractivity contribution < 1.29 is 9.59 Å². The summed E-state index contributed by atoms with van der Waals surface area (Å²) in [6.07, 6.45) is 0. The molecule has 32 heavy (non-hydrogen) atoms. The molecule has 3 aromatic carbocycles. The fourth-order valence-electron chi connectivity index (χ4n) is 3.65. The van der Waals surface area contributed by atoms with Crippen molar-refractivity contribution in [1.82, 2.24) is 4.90 Å². The predicted octanol–water partition coefficient (Wildman–Crippen LogP) is 5.25. The highest BCUT2D eigenvalue weighted by Crippen LogP contribution is 2.22. The van der Waals surface area contributed by atoms with Gasteiger partial charge in [-0.1, -0.05) is 35.9 Å². The van der Waals surface area contributed by atoms with Gasteiger partial charge in [0.1, 0.15) is 0 Å². The van der Waals surface area contributed by atoms with E-state index in [1.807, 2.05) is 78.6 Å². The molecule has 164 valence electrons. The third-order valence-electron chi connectivity index (χ3n) is 5.51. The van der Waals surface area contributed by atoms with Gasteiger partial charge in [-0.3, -0.25) is 4.79 Å². The third-order valence-corrected chi connectivity index (χ3v) is 5.91. The first-order valence-electron chi connectivity index (χ1n) is 10.5. The van der Waals surface area contributed by atoms with E-state index in [0.717, 1.165) is 29.9 Å². The number of halogens is 1. The molecule has 1 saturated heterocycles. The van der Waals surface area contributed by atoms with Gasteiger partial charge in [-0.05, 0) is 61.0 Å². The minimum Gasteiger partial charge on any atom is -0.368 e. The Morgan fingerprint density at radius 3 is 2.09 bits per heavy atom. The summed E-state index contributed by atoms with van der Waals surface area (Å²) in [6, 6.07) is 22.2. The smallest absolute Gasteiger partial charge is 0.323 e. The first kappa shape index (κ1) is 21.7. The molecule has 1 heterocycles. The number of carbonyl (C=O) groups excluding carboxylic acids is 2. The molecule has 0 aromatic heterocycles. The summed E-state index contributed by atoms with van der Waals surface area (Å²) in [5.41, 5.74) is 4.08. The van der Waals surface area contributed by atoms with Crippen LogP contribution in [0, 0.1) is 6.92 Å². The van der Waals surface area contributed by atoms with Crippen LogP contribution in [-0.2, 0) is 0 Å². The van der Waals surface area contributed by atoms with Crippen LogP contribution in [0.15, 0.2) is 72.8 Å². The van der Waals surface area contributed by atoms with Crippen molar-refractivity contribution in [3.8, 4) is 0 Å². The summed E-state index contributed by atoms with van der Waals surface area (Å²) in [6.45, 7) is 4.79. The number of benzene rings is 3. The second-order valence-corrected chi connectivity index (χ2v) is 8.14. The predicted molar refractivity (Wildman–Crippen MR) is 130 cm³/mol. The standard InChI is InChI=1S/C25H25ClN4O2/c1-18-7-8-21(17-23(18)26)28-25(32)27-20-9-11-22(12-10-20)29-13-15-30(16-14-29)24(31)19-5-3-2-4-6-19/h2-12,17H,13-16H2,1H3,(H2,27,28,32). The molecule has 0 spiro atoms. The molecule has 0 saturated carbocycles. The summed E-state index contributed by atoms with van der Waals surface area (Å²) < 4.78 is 0. The highest BCUT2D eigenvalue weighted by molar-refractivity contribution is 6.31. The maximum Gasteiger partial charge on any atom is 0.323 e. The number of nitrogens with zero attached hydrogens (tertiary/aromatic N) is 2. The Kier molecular flexibility index (Phi) is 6.61. The lowest BCUT2D eigenvalue weighted by atomic mass is 10.1. The van der Waals surface area contributed by atoms with E-state index in [9.17, 15) is 9.59 Å². The minimum absolute atomic E-state index is 0.0747. The quantitative estimate of drug-likeness (QED) is 0.572. The zero-order chi connectivity index (χ0) is 22.5. The molecule has 0 radical (unpaired) electrons. The summed E-state index contributed by atoms with van der Waals surface area (Å²) in [5.74, 6) is 0.0747. The van der Waals surface area contributed by atoms with Crippen molar-refractivity contribution in [2.24, 2.45) is 0 Å². The third kappa shape index (κ3) is 5.21. The molecule has 6 nitrogen and oxygen atoms in total. The number of rotatable bonds is 4. The molecule has 0 bridgehead atoms. The topological polar surface area (TPSA) is 64.7 Å².